The van der Waals surface area contributed by atoms with Crippen LogP contribution in [0.15, 0.2) is 24.3 Å². The fourth-order valence-electron chi connectivity index (χ4n) is 3.99. The SMILES string of the molecule is CCCO[C@H]1CC[C@H](C=CC#CC=C[C@H]2CC[C@H](CC)CC2)CC1. The van der Waals surface area contributed by atoms with Crippen LogP contribution < -0.4 is 0 Å². The van der Waals surface area contributed by atoms with Gasteiger partial charge in [0.2, 0.25) is 0 Å². The Morgan fingerprint density at radius 1 is 0.792 bits per heavy atom. The van der Waals surface area contributed by atoms with E-state index >= 15 is 0 Å². The molecule has 134 valence electrons. The van der Waals surface area contributed by atoms with Gasteiger partial charge in [0.1, 0.15) is 0 Å². The molecule has 0 heterocycles. The highest BCUT2D eigenvalue weighted by atomic mass is 16.5. The molecule has 0 bridgehead atoms. The van der Waals surface area contributed by atoms with Gasteiger partial charge in [0, 0.05) is 6.61 Å². The van der Waals surface area contributed by atoms with Crippen LogP contribution in [-0.2, 0) is 4.74 Å². The Morgan fingerprint density at radius 3 is 1.83 bits per heavy atom. The van der Waals surface area contributed by atoms with E-state index in [2.05, 4.69) is 50.0 Å². The molecule has 0 amide bonds. The van der Waals surface area contributed by atoms with Crippen molar-refractivity contribution in [2.45, 2.75) is 84.2 Å². The summed E-state index contributed by atoms with van der Waals surface area (Å²) in [5, 5.41) is 0. The van der Waals surface area contributed by atoms with Crippen LogP contribution in [0.1, 0.15) is 78.1 Å². The second-order valence-electron chi connectivity index (χ2n) is 7.60. The maximum atomic E-state index is 5.85. The van der Waals surface area contributed by atoms with Crippen molar-refractivity contribution in [1.82, 2.24) is 0 Å². The highest BCUT2D eigenvalue weighted by Gasteiger charge is 2.19. The Kier molecular flexibility index (Phi) is 9.29. The van der Waals surface area contributed by atoms with Gasteiger partial charge in [-0.25, -0.2) is 0 Å². The van der Waals surface area contributed by atoms with Gasteiger partial charge in [-0.15, -0.1) is 0 Å². The summed E-state index contributed by atoms with van der Waals surface area (Å²) in [6, 6.07) is 0. The van der Waals surface area contributed by atoms with Crippen molar-refractivity contribution in [2.75, 3.05) is 6.61 Å². The molecule has 2 aliphatic rings. The number of rotatable bonds is 6. The Morgan fingerprint density at radius 2 is 1.33 bits per heavy atom. The van der Waals surface area contributed by atoms with Crippen LogP contribution in [0.3, 0.4) is 0 Å². The second kappa shape index (κ2) is 11.5. The Labute approximate surface area is 149 Å². The first-order chi connectivity index (χ1) is 11.8. The van der Waals surface area contributed by atoms with Crippen LogP contribution in [-0.4, -0.2) is 12.7 Å². The third-order valence-corrected chi connectivity index (χ3v) is 5.73. The largest absolute Gasteiger partial charge is 0.378 e. The molecule has 0 aromatic carbocycles. The van der Waals surface area contributed by atoms with E-state index in [0.717, 1.165) is 24.9 Å². The summed E-state index contributed by atoms with van der Waals surface area (Å²) in [6.07, 6.45) is 22.2. The highest BCUT2D eigenvalue weighted by molar-refractivity contribution is 5.24. The number of hydrogen-bond acceptors (Lipinski definition) is 1. The molecule has 0 unspecified atom stereocenters. The molecule has 2 aliphatic carbocycles. The Balaban J connectivity index is 1.61. The third-order valence-electron chi connectivity index (χ3n) is 5.73. The lowest BCUT2D eigenvalue weighted by Gasteiger charge is -2.26. The molecule has 1 heteroatoms. The van der Waals surface area contributed by atoms with Gasteiger partial charge >= 0.3 is 0 Å². The van der Waals surface area contributed by atoms with Gasteiger partial charge in [-0.1, -0.05) is 44.3 Å². The van der Waals surface area contributed by atoms with Crippen molar-refractivity contribution in [3.63, 3.8) is 0 Å². The summed E-state index contributed by atoms with van der Waals surface area (Å²) in [5.74, 6) is 8.83. The summed E-state index contributed by atoms with van der Waals surface area (Å²) < 4.78 is 5.85. The quantitative estimate of drug-likeness (QED) is 0.520. The molecule has 0 aromatic rings. The lowest BCUT2D eigenvalue weighted by atomic mass is 9.81. The first-order valence-corrected chi connectivity index (χ1v) is 10.3. The van der Waals surface area contributed by atoms with E-state index in [9.17, 15) is 0 Å². The first kappa shape index (κ1) is 19.3. The lowest BCUT2D eigenvalue weighted by molar-refractivity contribution is 0.0227. The van der Waals surface area contributed by atoms with Gasteiger partial charge in [-0.05, 0) is 87.7 Å². The minimum Gasteiger partial charge on any atom is -0.378 e. The molecule has 0 aliphatic heterocycles. The van der Waals surface area contributed by atoms with Gasteiger partial charge in [0.25, 0.3) is 0 Å². The Bertz CT molecular complexity index is 434. The maximum absolute atomic E-state index is 5.85. The normalized spacial score (nSPS) is 31.2. The monoisotopic (exact) mass is 328 g/mol. The second-order valence-corrected chi connectivity index (χ2v) is 7.60. The van der Waals surface area contributed by atoms with Crippen LogP contribution in [0.5, 0.6) is 0 Å². The zero-order valence-corrected chi connectivity index (χ0v) is 15.8. The average Bonchev–Trinajstić information content (AvgIpc) is 2.64. The zero-order valence-electron chi connectivity index (χ0n) is 15.8. The van der Waals surface area contributed by atoms with Crippen molar-refractivity contribution in [1.29, 1.82) is 0 Å². The van der Waals surface area contributed by atoms with Crippen LogP contribution >= 0.6 is 0 Å². The van der Waals surface area contributed by atoms with Crippen LogP contribution in [0.2, 0.25) is 0 Å². The molecule has 0 N–H and O–H groups in total. The lowest BCUT2D eigenvalue weighted by Crippen LogP contribution is -2.21. The summed E-state index contributed by atoms with van der Waals surface area (Å²) in [4.78, 5) is 0. The molecule has 0 saturated heterocycles. The van der Waals surface area contributed by atoms with E-state index in [1.165, 1.54) is 57.8 Å². The van der Waals surface area contributed by atoms with Gasteiger partial charge < -0.3 is 4.74 Å². The van der Waals surface area contributed by atoms with E-state index in [4.69, 9.17) is 4.74 Å². The van der Waals surface area contributed by atoms with Crippen LogP contribution in [0, 0.1) is 29.6 Å². The van der Waals surface area contributed by atoms with Crippen molar-refractivity contribution in [3.8, 4) is 11.8 Å². The minimum absolute atomic E-state index is 0.506. The van der Waals surface area contributed by atoms with E-state index in [1.54, 1.807) is 0 Å². The molecule has 1 nitrogen and oxygen atoms in total. The molecular weight excluding hydrogens is 292 g/mol. The van der Waals surface area contributed by atoms with Crippen LogP contribution in [0.4, 0.5) is 0 Å². The molecule has 2 fully saturated rings. The third kappa shape index (κ3) is 7.27. The van der Waals surface area contributed by atoms with E-state index in [0.29, 0.717) is 12.0 Å². The van der Waals surface area contributed by atoms with Gasteiger partial charge in [-0.3, -0.25) is 0 Å². The van der Waals surface area contributed by atoms with Crippen molar-refractivity contribution >= 4 is 0 Å². The summed E-state index contributed by atoms with van der Waals surface area (Å²) in [7, 11) is 0. The summed E-state index contributed by atoms with van der Waals surface area (Å²) in [5.41, 5.74) is 0. The molecule has 2 saturated carbocycles. The van der Waals surface area contributed by atoms with Crippen molar-refractivity contribution < 1.29 is 4.74 Å². The standard InChI is InChI=1S/C23H36O/c1-3-19-24-23-17-15-22(16-18-23)10-8-6-5-7-9-21-13-11-20(4-2)12-14-21/h7-10,20-23H,3-4,11-19H2,1-2H3/t20-,21-,22-,23-. The zero-order chi connectivity index (χ0) is 17.0. The summed E-state index contributed by atoms with van der Waals surface area (Å²) in [6.45, 7) is 5.42. The predicted molar refractivity (Wildman–Crippen MR) is 104 cm³/mol. The average molecular weight is 329 g/mol. The molecule has 0 aromatic heterocycles. The fourth-order valence-corrected chi connectivity index (χ4v) is 3.99. The molecule has 2 rings (SSSR count). The van der Waals surface area contributed by atoms with E-state index < -0.39 is 0 Å². The fraction of sp³-hybridized carbons (Fsp3) is 0.739. The molecule has 0 spiro atoms. The Hall–Kier alpha value is -1.00. The molecular formula is C23H36O. The minimum atomic E-state index is 0.506. The van der Waals surface area contributed by atoms with Gasteiger partial charge in [0.15, 0.2) is 0 Å². The molecule has 24 heavy (non-hydrogen) atoms. The highest BCUT2D eigenvalue weighted by Crippen LogP contribution is 2.31. The van der Waals surface area contributed by atoms with Crippen molar-refractivity contribution in [2.24, 2.45) is 17.8 Å². The molecule has 0 radical (unpaired) electrons. The first-order valence-electron chi connectivity index (χ1n) is 10.3. The predicted octanol–water partition coefficient (Wildman–Crippen LogP) is 6.30. The van der Waals surface area contributed by atoms with Gasteiger partial charge in [-0.2, -0.15) is 0 Å². The van der Waals surface area contributed by atoms with Crippen molar-refractivity contribution in [3.05, 3.63) is 24.3 Å². The topological polar surface area (TPSA) is 9.23 Å². The number of hydrogen-bond donors (Lipinski definition) is 0. The number of ether oxygens (including phenoxy) is 1. The summed E-state index contributed by atoms with van der Waals surface area (Å²) >= 11 is 0. The number of allylic oxidation sites excluding steroid dienone is 4. The van der Waals surface area contributed by atoms with Gasteiger partial charge in [0.05, 0.1) is 6.10 Å². The van der Waals surface area contributed by atoms with Crippen LogP contribution in [0.25, 0.3) is 0 Å². The smallest absolute Gasteiger partial charge is 0.0575 e. The van der Waals surface area contributed by atoms with E-state index in [-0.39, 0.29) is 0 Å². The maximum Gasteiger partial charge on any atom is 0.0575 e. The van der Waals surface area contributed by atoms with E-state index in [1.807, 2.05) is 0 Å². The molecule has 0 atom stereocenters.